The molecule has 0 spiro atoms. The van der Waals surface area contributed by atoms with Gasteiger partial charge in [-0.1, -0.05) is 251 Å². The Morgan fingerprint density at radius 2 is 0.892 bits per heavy atom. The van der Waals surface area contributed by atoms with Gasteiger partial charge in [-0.2, -0.15) is 8.42 Å². The van der Waals surface area contributed by atoms with Gasteiger partial charge in [0.2, 0.25) is 5.91 Å². The SMILES string of the molecule is CCCCCCCCCCCCCCCCCCCCCCC(=O)NC(COC1OC(CO)C(O)C(OS(=O)(=O)O)C1O)C(O)CCCCCCCCCCCCCCCCCCCC. The molecule has 1 aliphatic heterocycles. The average molecular weight is 950 g/mol. The minimum absolute atomic E-state index is 0.223. The Bertz CT molecular complexity index is 1160. The fourth-order valence-corrected chi connectivity index (χ4v) is 9.68. The molecule has 7 unspecified atom stereocenters. The first-order valence-electron chi connectivity index (χ1n) is 27.4. The zero-order valence-electron chi connectivity index (χ0n) is 41.8. The zero-order chi connectivity index (χ0) is 47.6. The molecule has 0 aromatic rings. The van der Waals surface area contributed by atoms with E-state index in [-0.39, 0.29) is 12.5 Å². The summed E-state index contributed by atoms with van der Waals surface area (Å²) in [5.74, 6) is -0.223. The number of carbonyl (C=O) groups is 1. The number of carbonyl (C=O) groups excluding carboxylic acids is 1. The lowest BCUT2D eigenvalue weighted by Crippen LogP contribution is -2.61. The summed E-state index contributed by atoms with van der Waals surface area (Å²) in [6.45, 7) is 3.49. The Morgan fingerprint density at radius 3 is 1.23 bits per heavy atom. The van der Waals surface area contributed by atoms with Gasteiger partial charge in [-0.05, 0) is 12.8 Å². The summed E-state index contributed by atoms with van der Waals surface area (Å²) < 4.78 is 47.8. The molecule has 0 aromatic carbocycles. The first kappa shape index (κ1) is 62.1. The first-order chi connectivity index (χ1) is 31.5. The summed E-state index contributed by atoms with van der Waals surface area (Å²) in [6.07, 6.45) is 39.6. The molecule has 0 saturated carbocycles. The number of amides is 1. The van der Waals surface area contributed by atoms with Crippen molar-refractivity contribution in [2.24, 2.45) is 0 Å². The number of aliphatic hydroxyl groups excluding tert-OH is 4. The van der Waals surface area contributed by atoms with E-state index >= 15 is 0 Å². The third kappa shape index (κ3) is 35.8. The standard InChI is InChI=1S/C52H103NO11S/c1-3-5-7-9-11-13-15-17-19-21-23-24-26-28-30-32-34-36-38-40-42-48(56)53-45(44-62-52-50(58)51(64-65(59,60)61)49(57)47(43-54)63-52)46(55)41-39-37-35-33-31-29-27-25-22-20-18-16-14-12-10-8-6-4-2/h45-47,49-52,54-55,57-58H,3-44H2,1-2H3,(H,53,56)(H,59,60,61). The van der Waals surface area contributed by atoms with Crippen molar-refractivity contribution in [2.75, 3.05) is 13.2 Å². The van der Waals surface area contributed by atoms with Crippen LogP contribution in [0.25, 0.3) is 0 Å². The molecule has 12 nitrogen and oxygen atoms in total. The van der Waals surface area contributed by atoms with Crippen molar-refractivity contribution >= 4 is 16.3 Å². The number of ether oxygens (including phenoxy) is 2. The third-order valence-electron chi connectivity index (χ3n) is 13.4. The highest BCUT2D eigenvalue weighted by Crippen LogP contribution is 2.26. The van der Waals surface area contributed by atoms with E-state index < -0.39 is 59.9 Å². The van der Waals surface area contributed by atoms with E-state index in [1.807, 2.05) is 0 Å². The maximum absolute atomic E-state index is 13.1. The molecule has 0 aromatic heterocycles. The van der Waals surface area contributed by atoms with Crippen LogP contribution in [0.2, 0.25) is 0 Å². The normalized spacial score (nSPS) is 20.0. The van der Waals surface area contributed by atoms with E-state index in [9.17, 15) is 38.2 Å². The van der Waals surface area contributed by atoms with Crippen LogP contribution in [0.5, 0.6) is 0 Å². The van der Waals surface area contributed by atoms with Crippen LogP contribution in [0.1, 0.15) is 271 Å². The van der Waals surface area contributed by atoms with Gasteiger partial charge in [0.25, 0.3) is 0 Å². The van der Waals surface area contributed by atoms with Gasteiger partial charge < -0.3 is 35.2 Å². The number of hydrogen-bond donors (Lipinski definition) is 6. The topological polar surface area (TPSA) is 192 Å². The summed E-state index contributed by atoms with van der Waals surface area (Å²) in [4.78, 5) is 13.1. The molecule has 13 heteroatoms. The average Bonchev–Trinajstić information content (AvgIpc) is 3.28. The van der Waals surface area contributed by atoms with Gasteiger partial charge in [-0.25, -0.2) is 4.18 Å². The van der Waals surface area contributed by atoms with Crippen molar-refractivity contribution in [2.45, 2.75) is 314 Å². The zero-order valence-corrected chi connectivity index (χ0v) is 42.7. The van der Waals surface area contributed by atoms with Gasteiger partial charge in [-0.15, -0.1) is 0 Å². The molecule has 1 heterocycles. The van der Waals surface area contributed by atoms with Crippen LogP contribution < -0.4 is 5.32 Å². The lowest BCUT2D eigenvalue weighted by molar-refractivity contribution is -0.298. The molecule has 1 rings (SSSR count). The van der Waals surface area contributed by atoms with Crippen molar-refractivity contribution in [1.29, 1.82) is 0 Å². The van der Waals surface area contributed by atoms with Crippen molar-refractivity contribution in [3.63, 3.8) is 0 Å². The van der Waals surface area contributed by atoms with Crippen LogP contribution in [-0.4, -0.2) is 95.4 Å². The Kier molecular flexibility index (Phi) is 41.2. The number of hydrogen-bond acceptors (Lipinski definition) is 10. The van der Waals surface area contributed by atoms with Crippen molar-refractivity contribution in [3.05, 3.63) is 0 Å². The van der Waals surface area contributed by atoms with E-state index in [0.29, 0.717) is 12.8 Å². The fraction of sp³-hybridized carbons (Fsp3) is 0.981. The van der Waals surface area contributed by atoms with Crippen LogP contribution in [0.4, 0.5) is 0 Å². The molecule has 7 atom stereocenters. The molecule has 65 heavy (non-hydrogen) atoms. The van der Waals surface area contributed by atoms with Gasteiger partial charge in [0, 0.05) is 6.42 Å². The molecule has 1 fully saturated rings. The molecule has 0 bridgehead atoms. The molecule has 388 valence electrons. The van der Waals surface area contributed by atoms with E-state index in [0.717, 1.165) is 51.4 Å². The largest absolute Gasteiger partial charge is 0.397 e. The molecule has 0 aliphatic carbocycles. The van der Waals surface area contributed by atoms with Crippen molar-refractivity contribution < 1.29 is 51.8 Å². The van der Waals surface area contributed by atoms with Crippen molar-refractivity contribution in [3.8, 4) is 0 Å². The quantitative estimate of drug-likeness (QED) is 0.0251. The summed E-state index contributed by atoms with van der Waals surface area (Å²) in [5, 5.41) is 45.1. The van der Waals surface area contributed by atoms with Crippen LogP contribution in [0.15, 0.2) is 0 Å². The van der Waals surface area contributed by atoms with E-state index in [2.05, 4.69) is 23.3 Å². The lowest BCUT2D eigenvalue weighted by Gasteiger charge is -2.41. The Labute approximate surface area is 398 Å². The number of unbranched alkanes of at least 4 members (excludes halogenated alkanes) is 36. The Balaban J connectivity index is 2.38. The minimum atomic E-state index is -5.08. The summed E-state index contributed by atoms with van der Waals surface area (Å²) in [6, 6.07) is -0.852. The molecule has 0 radical (unpaired) electrons. The van der Waals surface area contributed by atoms with Gasteiger partial charge >= 0.3 is 10.4 Å². The van der Waals surface area contributed by atoms with E-state index in [1.165, 1.54) is 193 Å². The van der Waals surface area contributed by atoms with Crippen LogP contribution in [-0.2, 0) is 28.9 Å². The van der Waals surface area contributed by atoms with Crippen LogP contribution >= 0.6 is 0 Å². The predicted octanol–water partition coefficient (Wildman–Crippen LogP) is 12.1. The monoisotopic (exact) mass is 950 g/mol. The molecular weight excluding hydrogens is 847 g/mol. The number of aliphatic hydroxyl groups is 4. The maximum atomic E-state index is 13.1. The maximum Gasteiger partial charge on any atom is 0.397 e. The van der Waals surface area contributed by atoms with E-state index in [4.69, 9.17) is 9.47 Å². The second-order valence-electron chi connectivity index (χ2n) is 19.5. The lowest BCUT2D eigenvalue weighted by atomic mass is 9.99. The molecule has 1 aliphatic rings. The Morgan fingerprint density at radius 1 is 0.554 bits per heavy atom. The van der Waals surface area contributed by atoms with Gasteiger partial charge in [-0.3, -0.25) is 9.35 Å². The van der Waals surface area contributed by atoms with Crippen LogP contribution in [0, 0.1) is 0 Å². The number of rotatable bonds is 48. The predicted molar refractivity (Wildman–Crippen MR) is 264 cm³/mol. The highest BCUT2D eigenvalue weighted by atomic mass is 32.3. The summed E-state index contributed by atoms with van der Waals surface area (Å²) in [5.41, 5.74) is 0. The summed E-state index contributed by atoms with van der Waals surface area (Å²) in [7, 11) is -5.08. The van der Waals surface area contributed by atoms with Crippen LogP contribution in [0.3, 0.4) is 0 Å². The second-order valence-corrected chi connectivity index (χ2v) is 20.6. The van der Waals surface area contributed by atoms with Gasteiger partial charge in [0.1, 0.15) is 24.4 Å². The summed E-state index contributed by atoms with van der Waals surface area (Å²) >= 11 is 0. The highest BCUT2D eigenvalue weighted by Gasteiger charge is 2.48. The molecule has 1 amide bonds. The first-order valence-corrected chi connectivity index (χ1v) is 28.8. The fourth-order valence-electron chi connectivity index (χ4n) is 9.17. The number of nitrogens with one attached hydrogen (secondary N) is 1. The Hall–Kier alpha value is -0.900. The van der Waals surface area contributed by atoms with Crippen molar-refractivity contribution in [1.82, 2.24) is 5.32 Å². The van der Waals surface area contributed by atoms with Gasteiger partial charge in [0.15, 0.2) is 6.29 Å². The molecular formula is C52H103NO11S. The molecule has 6 N–H and O–H groups in total. The van der Waals surface area contributed by atoms with E-state index in [1.54, 1.807) is 0 Å². The van der Waals surface area contributed by atoms with Gasteiger partial charge in [0.05, 0.1) is 25.4 Å². The smallest absolute Gasteiger partial charge is 0.394 e. The molecule has 1 saturated heterocycles. The second kappa shape index (κ2) is 43.1. The third-order valence-corrected chi connectivity index (χ3v) is 13.9. The minimum Gasteiger partial charge on any atom is -0.394 e. The highest BCUT2D eigenvalue weighted by molar-refractivity contribution is 7.80.